The first-order valence-electron chi connectivity index (χ1n) is 6.39. The maximum absolute atomic E-state index is 12.1. The van der Waals surface area contributed by atoms with Gasteiger partial charge in [0.1, 0.15) is 5.69 Å². The molecule has 1 atom stereocenters. The van der Waals surface area contributed by atoms with Gasteiger partial charge in [0, 0.05) is 18.1 Å². The maximum Gasteiger partial charge on any atom is 0.270 e. The standard InChI is InChI=1S/C15H18N2O2/c1-10(2)13(18)9-17-15(19)14-12-6-4-3-5-11(12)7-8-16-14/h3-8,10,13,18H,9H2,1-2H3,(H,17,19). The van der Waals surface area contributed by atoms with Crippen LogP contribution in [0.15, 0.2) is 36.5 Å². The molecule has 0 radical (unpaired) electrons. The van der Waals surface area contributed by atoms with Gasteiger partial charge in [-0.3, -0.25) is 9.78 Å². The third kappa shape index (κ3) is 3.09. The van der Waals surface area contributed by atoms with Gasteiger partial charge in [-0.2, -0.15) is 0 Å². The second kappa shape index (κ2) is 5.80. The van der Waals surface area contributed by atoms with Gasteiger partial charge in [-0.25, -0.2) is 0 Å². The van der Waals surface area contributed by atoms with Crippen LogP contribution >= 0.6 is 0 Å². The fourth-order valence-electron chi connectivity index (χ4n) is 1.82. The summed E-state index contributed by atoms with van der Waals surface area (Å²) in [5, 5.41) is 14.2. The van der Waals surface area contributed by atoms with Gasteiger partial charge in [0.2, 0.25) is 0 Å². The van der Waals surface area contributed by atoms with E-state index in [1.54, 1.807) is 6.20 Å². The van der Waals surface area contributed by atoms with Crippen molar-refractivity contribution in [3.8, 4) is 0 Å². The van der Waals surface area contributed by atoms with Crippen LogP contribution in [0.4, 0.5) is 0 Å². The van der Waals surface area contributed by atoms with Crippen LogP contribution in [-0.2, 0) is 0 Å². The second-order valence-corrected chi connectivity index (χ2v) is 4.90. The lowest BCUT2D eigenvalue weighted by Crippen LogP contribution is -2.35. The Morgan fingerprint density at radius 3 is 2.79 bits per heavy atom. The lowest BCUT2D eigenvalue weighted by Gasteiger charge is -2.15. The number of nitrogens with zero attached hydrogens (tertiary/aromatic N) is 1. The zero-order chi connectivity index (χ0) is 13.8. The summed E-state index contributed by atoms with van der Waals surface area (Å²) in [6.07, 6.45) is 1.08. The molecule has 1 aromatic carbocycles. The molecule has 4 nitrogen and oxygen atoms in total. The van der Waals surface area contributed by atoms with Crippen molar-refractivity contribution in [2.45, 2.75) is 20.0 Å². The normalized spacial score (nSPS) is 12.6. The minimum absolute atomic E-state index is 0.112. The molecule has 0 aliphatic rings. The summed E-state index contributed by atoms with van der Waals surface area (Å²) in [6, 6.07) is 9.48. The monoisotopic (exact) mass is 258 g/mol. The fourth-order valence-corrected chi connectivity index (χ4v) is 1.82. The average molecular weight is 258 g/mol. The number of aliphatic hydroxyl groups excluding tert-OH is 1. The second-order valence-electron chi connectivity index (χ2n) is 4.90. The molecule has 0 aliphatic carbocycles. The molecule has 1 heterocycles. The van der Waals surface area contributed by atoms with E-state index >= 15 is 0 Å². The quantitative estimate of drug-likeness (QED) is 0.881. The molecule has 0 spiro atoms. The summed E-state index contributed by atoms with van der Waals surface area (Å²) in [5.41, 5.74) is 0.397. The summed E-state index contributed by atoms with van der Waals surface area (Å²) >= 11 is 0. The number of hydrogen-bond acceptors (Lipinski definition) is 3. The topological polar surface area (TPSA) is 62.2 Å². The Morgan fingerprint density at radius 2 is 2.05 bits per heavy atom. The molecular formula is C15H18N2O2. The highest BCUT2D eigenvalue weighted by Gasteiger charge is 2.14. The number of fused-ring (bicyclic) bond motifs is 1. The van der Waals surface area contributed by atoms with Crippen molar-refractivity contribution in [2.75, 3.05) is 6.54 Å². The number of carbonyl (C=O) groups is 1. The summed E-state index contributed by atoms with van der Waals surface area (Å²) < 4.78 is 0. The fraction of sp³-hybridized carbons (Fsp3) is 0.333. The highest BCUT2D eigenvalue weighted by molar-refractivity contribution is 6.05. The molecule has 0 saturated heterocycles. The van der Waals surface area contributed by atoms with Crippen molar-refractivity contribution in [2.24, 2.45) is 5.92 Å². The van der Waals surface area contributed by atoms with E-state index in [-0.39, 0.29) is 18.4 Å². The Kier molecular flexibility index (Phi) is 4.12. The average Bonchev–Trinajstić information content (AvgIpc) is 2.43. The van der Waals surface area contributed by atoms with Crippen molar-refractivity contribution >= 4 is 16.7 Å². The molecule has 0 bridgehead atoms. The van der Waals surface area contributed by atoms with E-state index in [0.717, 1.165) is 10.8 Å². The van der Waals surface area contributed by atoms with E-state index in [4.69, 9.17) is 0 Å². The smallest absolute Gasteiger partial charge is 0.270 e. The Labute approximate surface area is 112 Å². The number of nitrogens with one attached hydrogen (secondary N) is 1. The van der Waals surface area contributed by atoms with Crippen LogP contribution in [-0.4, -0.2) is 28.6 Å². The largest absolute Gasteiger partial charge is 0.391 e. The minimum Gasteiger partial charge on any atom is -0.391 e. The molecule has 1 amide bonds. The molecule has 2 N–H and O–H groups in total. The van der Waals surface area contributed by atoms with Crippen molar-refractivity contribution in [3.05, 3.63) is 42.2 Å². The number of benzene rings is 1. The molecule has 100 valence electrons. The molecule has 1 aromatic heterocycles. The van der Waals surface area contributed by atoms with E-state index in [1.165, 1.54) is 0 Å². The molecule has 4 heteroatoms. The Balaban J connectivity index is 2.18. The summed E-state index contributed by atoms with van der Waals surface area (Å²) in [7, 11) is 0. The van der Waals surface area contributed by atoms with Crippen molar-refractivity contribution < 1.29 is 9.90 Å². The van der Waals surface area contributed by atoms with Gasteiger partial charge >= 0.3 is 0 Å². The Bertz CT molecular complexity index is 576. The van der Waals surface area contributed by atoms with Crippen molar-refractivity contribution in [1.82, 2.24) is 10.3 Å². The van der Waals surface area contributed by atoms with Gasteiger partial charge in [-0.05, 0) is 17.4 Å². The third-order valence-corrected chi connectivity index (χ3v) is 3.13. The van der Waals surface area contributed by atoms with Crippen LogP contribution in [0.25, 0.3) is 10.8 Å². The van der Waals surface area contributed by atoms with Crippen molar-refractivity contribution in [1.29, 1.82) is 0 Å². The molecule has 1 unspecified atom stereocenters. The lowest BCUT2D eigenvalue weighted by molar-refractivity contribution is 0.0869. The van der Waals surface area contributed by atoms with E-state index < -0.39 is 6.10 Å². The van der Waals surface area contributed by atoms with E-state index in [1.807, 2.05) is 44.2 Å². The van der Waals surface area contributed by atoms with E-state index in [9.17, 15) is 9.90 Å². The predicted molar refractivity (Wildman–Crippen MR) is 74.9 cm³/mol. The first-order valence-corrected chi connectivity index (χ1v) is 6.39. The Morgan fingerprint density at radius 1 is 1.32 bits per heavy atom. The molecule has 0 saturated carbocycles. The van der Waals surface area contributed by atoms with Crippen LogP contribution in [0.1, 0.15) is 24.3 Å². The summed E-state index contributed by atoms with van der Waals surface area (Å²) in [5.74, 6) is -0.141. The first-order chi connectivity index (χ1) is 9.09. The van der Waals surface area contributed by atoms with E-state index in [2.05, 4.69) is 10.3 Å². The summed E-state index contributed by atoms with van der Waals surface area (Å²) in [6.45, 7) is 4.06. The number of aliphatic hydroxyl groups is 1. The minimum atomic E-state index is -0.543. The molecule has 2 rings (SSSR count). The van der Waals surface area contributed by atoms with Gasteiger partial charge in [0.15, 0.2) is 0 Å². The van der Waals surface area contributed by atoms with Crippen LogP contribution in [0.5, 0.6) is 0 Å². The number of hydrogen-bond donors (Lipinski definition) is 2. The van der Waals surface area contributed by atoms with Gasteiger partial charge in [-0.15, -0.1) is 0 Å². The van der Waals surface area contributed by atoms with Gasteiger partial charge in [0.05, 0.1) is 6.10 Å². The predicted octanol–water partition coefficient (Wildman–Crippen LogP) is 1.98. The number of rotatable bonds is 4. The van der Waals surface area contributed by atoms with Crippen LogP contribution in [0.2, 0.25) is 0 Å². The van der Waals surface area contributed by atoms with Crippen LogP contribution in [0, 0.1) is 5.92 Å². The zero-order valence-electron chi connectivity index (χ0n) is 11.1. The van der Waals surface area contributed by atoms with Gasteiger partial charge in [0.25, 0.3) is 5.91 Å². The highest BCUT2D eigenvalue weighted by Crippen LogP contribution is 2.16. The van der Waals surface area contributed by atoms with E-state index in [0.29, 0.717) is 5.69 Å². The highest BCUT2D eigenvalue weighted by atomic mass is 16.3. The first kappa shape index (κ1) is 13.5. The molecule has 19 heavy (non-hydrogen) atoms. The summed E-state index contributed by atoms with van der Waals surface area (Å²) in [4.78, 5) is 16.2. The van der Waals surface area contributed by atoms with Crippen molar-refractivity contribution in [3.63, 3.8) is 0 Å². The number of aromatic nitrogens is 1. The maximum atomic E-state index is 12.1. The third-order valence-electron chi connectivity index (χ3n) is 3.13. The van der Waals surface area contributed by atoms with Gasteiger partial charge in [-0.1, -0.05) is 38.1 Å². The zero-order valence-corrected chi connectivity index (χ0v) is 11.1. The number of pyridine rings is 1. The van der Waals surface area contributed by atoms with Crippen LogP contribution < -0.4 is 5.32 Å². The lowest BCUT2D eigenvalue weighted by atomic mass is 10.1. The molecule has 2 aromatic rings. The molecule has 0 aliphatic heterocycles. The number of carbonyl (C=O) groups excluding carboxylic acids is 1. The molecule has 0 fully saturated rings. The SMILES string of the molecule is CC(C)C(O)CNC(=O)c1nccc2ccccc12. The molecular weight excluding hydrogens is 240 g/mol. The van der Waals surface area contributed by atoms with Crippen LogP contribution in [0.3, 0.4) is 0 Å². The van der Waals surface area contributed by atoms with Gasteiger partial charge < -0.3 is 10.4 Å². The Hall–Kier alpha value is -1.94. The number of amides is 1.